The molecule has 1 fully saturated rings. The van der Waals surface area contributed by atoms with E-state index >= 15 is 0 Å². The Kier molecular flexibility index (Phi) is 3.19. The number of carbonyl (C=O) groups is 1. The lowest BCUT2D eigenvalue weighted by Crippen LogP contribution is -2.42. The van der Waals surface area contributed by atoms with Gasteiger partial charge in [-0.3, -0.25) is 9.89 Å². The van der Waals surface area contributed by atoms with Crippen molar-refractivity contribution in [1.29, 1.82) is 0 Å². The Morgan fingerprint density at radius 3 is 2.65 bits per heavy atom. The van der Waals surface area contributed by atoms with Gasteiger partial charge in [-0.25, -0.2) is 0 Å². The molecular weight excluding hydrogens is 218 g/mol. The van der Waals surface area contributed by atoms with E-state index in [1.165, 1.54) is 0 Å². The molecule has 0 aliphatic heterocycles. The molecular formula is C12H19N3O2. The van der Waals surface area contributed by atoms with Gasteiger partial charge in [0.1, 0.15) is 0 Å². The van der Waals surface area contributed by atoms with Gasteiger partial charge in [-0.15, -0.1) is 0 Å². The summed E-state index contributed by atoms with van der Waals surface area (Å²) in [5, 5.41) is 9.80. The number of aromatic amines is 1. The van der Waals surface area contributed by atoms with Gasteiger partial charge in [0.25, 0.3) is 0 Å². The van der Waals surface area contributed by atoms with E-state index in [0.717, 1.165) is 36.3 Å². The monoisotopic (exact) mass is 237 g/mol. The van der Waals surface area contributed by atoms with Gasteiger partial charge in [-0.2, -0.15) is 5.10 Å². The van der Waals surface area contributed by atoms with Crippen LogP contribution >= 0.6 is 0 Å². The van der Waals surface area contributed by atoms with E-state index in [-0.39, 0.29) is 11.5 Å². The molecule has 1 aliphatic rings. The van der Waals surface area contributed by atoms with Gasteiger partial charge in [0.15, 0.2) is 0 Å². The van der Waals surface area contributed by atoms with Crippen molar-refractivity contribution in [3.05, 3.63) is 11.4 Å². The minimum absolute atomic E-state index is 0.000787. The number of amides is 1. The minimum atomic E-state index is -0.227. The van der Waals surface area contributed by atoms with E-state index in [4.69, 9.17) is 4.74 Å². The molecule has 0 radical (unpaired) electrons. The molecule has 2 N–H and O–H groups in total. The first kappa shape index (κ1) is 12.1. The van der Waals surface area contributed by atoms with Gasteiger partial charge in [-0.1, -0.05) is 0 Å². The summed E-state index contributed by atoms with van der Waals surface area (Å²) in [6.45, 7) is 3.76. The predicted octanol–water partition coefficient (Wildman–Crippen LogP) is 1.92. The lowest BCUT2D eigenvalue weighted by molar-refractivity contribution is -0.129. The molecule has 2 rings (SSSR count). The summed E-state index contributed by atoms with van der Waals surface area (Å²) in [7, 11) is 1.68. The van der Waals surface area contributed by atoms with Crippen molar-refractivity contribution in [1.82, 2.24) is 10.2 Å². The van der Waals surface area contributed by atoms with Crippen LogP contribution in [0.1, 0.15) is 37.1 Å². The third-order valence-electron chi connectivity index (χ3n) is 3.57. The van der Waals surface area contributed by atoms with E-state index < -0.39 is 0 Å². The second-order valence-corrected chi connectivity index (χ2v) is 4.77. The summed E-state index contributed by atoms with van der Waals surface area (Å²) in [5.41, 5.74) is 2.27. The summed E-state index contributed by atoms with van der Waals surface area (Å²) in [5.74, 6) is -0.000787. The number of nitrogens with zero attached hydrogens (tertiary/aromatic N) is 1. The Morgan fingerprint density at radius 2 is 2.24 bits per heavy atom. The van der Waals surface area contributed by atoms with Gasteiger partial charge in [-0.05, 0) is 33.1 Å². The van der Waals surface area contributed by atoms with Crippen LogP contribution in [0.2, 0.25) is 0 Å². The van der Waals surface area contributed by atoms with Gasteiger partial charge >= 0.3 is 0 Å². The van der Waals surface area contributed by atoms with Crippen molar-refractivity contribution in [2.45, 2.75) is 45.1 Å². The largest absolute Gasteiger partial charge is 0.378 e. The van der Waals surface area contributed by atoms with Crippen LogP contribution in [0.15, 0.2) is 0 Å². The normalized spacial score (nSPS) is 17.6. The molecule has 1 aromatic rings. The highest BCUT2D eigenvalue weighted by Gasteiger charge is 2.39. The quantitative estimate of drug-likeness (QED) is 0.840. The predicted molar refractivity (Wildman–Crippen MR) is 64.9 cm³/mol. The molecule has 0 unspecified atom stereocenters. The SMILES string of the molecule is COC1(CC(=O)Nc2c(C)n[nH]c2C)CCC1. The van der Waals surface area contributed by atoms with E-state index in [0.29, 0.717) is 6.42 Å². The van der Waals surface area contributed by atoms with Gasteiger partial charge in [0.05, 0.1) is 29.1 Å². The Balaban J connectivity index is 1.98. The van der Waals surface area contributed by atoms with Crippen LogP contribution < -0.4 is 5.32 Å². The van der Waals surface area contributed by atoms with Gasteiger partial charge < -0.3 is 10.1 Å². The average molecular weight is 237 g/mol. The molecule has 1 saturated carbocycles. The van der Waals surface area contributed by atoms with Crippen molar-refractivity contribution in [2.24, 2.45) is 0 Å². The van der Waals surface area contributed by atoms with Crippen molar-refractivity contribution < 1.29 is 9.53 Å². The Morgan fingerprint density at radius 1 is 1.53 bits per heavy atom. The fraction of sp³-hybridized carbons (Fsp3) is 0.667. The number of hydrogen-bond acceptors (Lipinski definition) is 3. The number of aromatic nitrogens is 2. The zero-order valence-electron chi connectivity index (χ0n) is 10.6. The number of methoxy groups -OCH3 is 1. The molecule has 94 valence electrons. The van der Waals surface area contributed by atoms with E-state index in [1.54, 1.807) is 7.11 Å². The number of anilines is 1. The molecule has 0 saturated heterocycles. The highest BCUT2D eigenvalue weighted by Crippen LogP contribution is 2.38. The van der Waals surface area contributed by atoms with Crippen LogP contribution in [0, 0.1) is 13.8 Å². The number of rotatable bonds is 4. The van der Waals surface area contributed by atoms with Crippen molar-refractivity contribution in [2.75, 3.05) is 12.4 Å². The summed E-state index contributed by atoms with van der Waals surface area (Å²) in [6, 6.07) is 0. The van der Waals surface area contributed by atoms with Crippen molar-refractivity contribution in [3.8, 4) is 0 Å². The zero-order chi connectivity index (χ0) is 12.5. The maximum Gasteiger partial charge on any atom is 0.227 e. The van der Waals surface area contributed by atoms with Crippen LogP contribution in [0.25, 0.3) is 0 Å². The second kappa shape index (κ2) is 4.49. The average Bonchev–Trinajstić information content (AvgIpc) is 2.55. The highest BCUT2D eigenvalue weighted by atomic mass is 16.5. The molecule has 17 heavy (non-hydrogen) atoms. The number of nitrogens with one attached hydrogen (secondary N) is 2. The summed E-state index contributed by atoms with van der Waals surface area (Å²) < 4.78 is 5.44. The molecule has 1 amide bonds. The topological polar surface area (TPSA) is 67.0 Å². The minimum Gasteiger partial charge on any atom is -0.378 e. The highest BCUT2D eigenvalue weighted by molar-refractivity contribution is 5.92. The van der Waals surface area contributed by atoms with E-state index in [2.05, 4.69) is 15.5 Å². The lowest BCUT2D eigenvalue weighted by atomic mass is 9.77. The first-order valence-corrected chi connectivity index (χ1v) is 5.93. The van der Waals surface area contributed by atoms with Crippen LogP contribution in [0.5, 0.6) is 0 Å². The molecule has 1 aliphatic carbocycles. The third-order valence-corrected chi connectivity index (χ3v) is 3.57. The molecule has 0 atom stereocenters. The molecule has 0 bridgehead atoms. The second-order valence-electron chi connectivity index (χ2n) is 4.77. The number of carbonyl (C=O) groups excluding carboxylic acids is 1. The Labute approximate surface area is 101 Å². The molecule has 1 aromatic heterocycles. The standard InChI is InChI=1S/C12H19N3O2/c1-8-11(9(2)15-14-8)13-10(16)7-12(17-3)5-4-6-12/h4-7H2,1-3H3,(H,13,16)(H,14,15). The smallest absolute Gasteiger partial charge is 0.227 e. The Bertz CT molecular complexity index is 396. The van der Waals surface area contributed by atoms with Crippen molar-refractivity contribution >= 4 is 11.6 Å². The van der Waals surface area contributed by atoms with E-state index in [9.17, 15) is 4.79 Å². The van der Waals surface area contributed by atoms with Crippen LogP contribution in [0.4, 0.5) is 5.69 Å². The van der Waals surface area contributed by atoms with E-state index in [1.807, 2.05) is 13.8 Å². The van der Waals surface area contributed by atoms with Crippen molar-refractivity contribution in [3.63, 3.8) is 0 Å². The third kappa shape index (κ3) is 2.34. The maximum absolute atomic E-state index is 11.9. The Hall–Kier alpha value is -1.36. The molecule has 5 heteroatoms. The molecule has 1 heterocycles. The lowest BCUT2D eigenvalue weighted by Gasteiger charge is -2.39. The summed E-state index contributed by atoms with van der Waals surface area (Å²) >= 11 is 0. The number of ether oxygens (including phenoxy) is 1. The first-order valence-electron chi connectivity index (χ1n) is 5.93. The maximum atomic E-state index is 11.9. The molecule has 0 spiro atoms. The summed E-state index contributed by atoms with van der Waals surface area (Å²) in [6.07, 6.45) is 3.51. The zero-order valence-corrected chi connectivity index (χ0v) is 10.6. The number of hydrogen-bond donors (Lipinski definition) is 2. The fourth-order valence-corrected chi connectivity index (χ4v) is 2.24. The first-order chi connectivity index (χ1) is 8.06. The van der Waals surface area contributed by atoms with Crippen LogP contribution in [0.3, 0.4) is 0 Å². The fourth-order valence-electron chi connectivity index (χ4n) is 2.24. The van der Waals surface area contributed by atoms with Crippen LogP contribution in [-0.2, 0) is 9.53 Å². The summed E-state index contributed by atoms with van der Waals surface area (Å²) in [4.78, 5) is 11.9. The van der Waals surface area contributed by atoms with Gasteiger partial charge in [0.2, 0.25) is 5.91 Å². The number of H-pyrrole nitrogens is 1. The molecule has 0 aromatic carbocycles. The number of aryl methyl sites for hydroxylation is 2. The molecule has 5 nitrogen and oxygen atoms in total. The van der Waals surface area contributed by atoms with Crippen LogP contribution in [-0.4, -0.2) is 28.8 Å². The van der Waals surface area contributed by atoms with Gasteiger partial charge in [0, 0.05) is 7.11 Å².